The Morgan fingerprint density at radius 1 is 1.43 bits per heavy atom. The molecule has 3 nitrogen and oxygen atoms in total. The van der Waals surface area contributed by atoms with E-state index in [2.05, 4.69) is 57.0 Å². The zero-order valence-electron chi connectivity index (χ0n) is 13.7. The second-order valence-corrected chi connectivity index (χ2v) is 8.97. The molecule has 1 aliphatic carbocycles. The van der Waals surface area contributed by atoms with Gasteiger partial charge in [0.15, 0.2) is 0 Å². The van der Waals surface area contributed by atoms with Gasteiger partial charge in [0.05, 0.1) is 0 Å². The van der Waals surface area contributed by atoms with Crippen LogP contribution in [0.3, 0.4) is 0 Å². The van der Waals surface area contributed by atoms with Crippen LogP contribution in [-0.2, 0) is 4.79 Å². The van der Waals surface area contributed by atoms with Crippen molar-refractivity contribution in [3.8, 4) is 0 Å². The van der Waals surface area contributed by atoms with E-state index in [1.807, 2.05) is 0 Å². The lowest BCUT2D eigenvalue weighted by Crippen LogP contribution is -2.41. The van der Waals surface area contributed by atoms with E-state index in [0.29, 0.717) is 11.8 Å². The van der Waals surface area contributed by atoms with Crippen LogP contribution in [-0.4, -0.2) is 22.9 Å². The molecular weight excluding hydrogens is 280 g/mol. The van der Waals surface area contributed by atoms with Crippen molar-refractivity contribution in [3.05, 3.63) is 21.9 Å². The zero-order valence-corrected chi connectivity index (χ0v) is 14.5. The third-order valence-corrected chi connectivity index (χ3v) is 6.37. The first-order valence-electron chi connectivity index (χ1n) is 7.90. The maximum atomic E-state index is 12.8. The average Bonchev–Trinajstić information content (AvgIpc) is 2.99. The predicted octanol–water partition coefficient (Wildman–Crippen LogP) is 3.70. The number of nitrogens with zero attached hydrogens (tertiary/aromatic N) is 1. The first-order valence-corrected chi connectivity index (χ1v) is 8.72. The molecule has 1 aliphatic heterocycles. The van der Waals surface area contributed by atoms with E-state index >= 15 is 0 Å². The lowest BCUT2D eigenvalue weighted by atomic mass is 9.80. The third kappa shape index (κ3) is 2.53. The fourth-order valence-electron chi connectivity index (χ4n) is 2.89. The third-order valence-electron chi connectivity index (χ3n) is 5.32. The Morgan fingerprint density at radius 3 is 2.57 bits per heavy atom. The van der Waals surface area contributed by atoms with Gasteiger partial charge in [0.2, 0.25) is 5.91 Å². The van der Waals surface area contributed by atoms with Gasteiger partial charge >= 0.3 is 0 Å². The molecule has 0 bridgehead atoms. The van der Waals surface area contributed by atoms with Gasteiger partial charge in [-0.2, -0.15) is 0 Å². The van der Waals surface area contributed by atoms with Crippen LogP contribution in [0.1, 0.15) is 56.5 Å². The summed E-state index contributed by atoms with van der Waals surface area (Å²) >= 11 is 1.80. The largest absolute Gasteiger partial charge is 0.320 e. The van der Waals surface area contributed by atoms with Gasteiger partial charge in [-0.05, 0) is 43.2 Å². The topological polar surface area (TPSA) is 32.3 Å². The van der Waals surface area contributed by atoms with E-state index in [1.165, 1.54) is 9.75 Å². The van der Waals surface area contributed by atoms with Crippen molar-refractivity contribution >= 4 is 17.2 Å². The highest BCUT2D eigenvalue weighted by molar-refractivity contribution is 7.12. The van der Waals surface area contributed by atoms with Crippen LogP contribution in [0, 0.1) is 18.3 Å². The second-order valence-electron chi connectivity index (χ2n) is 7.65. The van der Waals surface area contributed by atoms with Crippen molar-refractivity contribution in [1.82, 2.24) is 10.2 Å². The van der Waals surface area contributed by atoms with E-state index in [0.717, 1.165) is 19.4 Å². The number of carbonyl (C=O) groups is 1. The van der Waals surface area contributed by atoms with Crippen LogP contribution in [0.15, 0.2) is 12.1 Å². The summed E-state index contributed by atoms with van der Waals surface area (Å²) in [6.07, 6.45) is 2.05. The van der Waals surface area contributed by atoms with E-state index < -0.39 is 0 Å². The SMILES string of the molecule is Cc1ccc(C2NC3(CC3)C(=O)N2CC(C)(C)C(C)C)s1. The van der Waals surface area contributed by atoms with Crippen LogP contribution in [0.5, 0.6) is 0 Å². The van der Waals surface area contributed by atoms with Gasteiger partial charge in [-0.25, -0.2) is 0 Å². The van der Waals surface area contributed by atoms with Crippen LogP contribution in [0.2, 0.25) is 0 Å². The Kier molecular flexibility index (Phi) is 3.45. The highest BCUT2D eigenvalue weighted by Gasteiger charge is 2.60. The molecule has 3 rings (SSSR count). The Labute approximate surface area is 131 Å². The molecule has 2 heterocycles. The summed E-state index contributed by atoms with van der Waals surface area (Å²) in [6, 6.07) is 4.32. The number of rotatable bonds is 4. The highest BCUT2D eigenvalue weighted by Crippen LogP contribution is 2.48. The van der Waals surface area contributed by atoms with Gasteiger partial charge in [-0.15, -0.1) is 11.3 Å². The quantitative estimate of drug-likeness (QED) is 0.920. The lowest BCUT2D eigenvalue weighted by Gasteiger charge is -2.36. The minimum Gasteiger partial charge on any atom is -0.320 e. The highest BCUT2D eigenvalue weighted by atomic mass is 32.1. The van der Waals surface area contributed by atoms with Crippen molar-refractivity contribution in [2.75, 3.05) is 6.54 Å². The van der Waals surface area contributed by atoms with Crippen molar-refractivity contribution in [2.45, 2.75) is 59.2 Å². The number of thiophene rings is 1. The van der Waals surface area contributed by atoms with Gasteiger partial charge < -0.3 is 4.90 Å². The van der Waals surface area contributed by atoms with Crippen LogP contribution < -0.4 is 5.32 Å². The zero-order chi connectivity index (χ0) is 15.4. The lowest BCUT2D eigenvalue weighted by molar-refractivity contribution is -0.132. The number of hydrogen-bond acceptors (Lipinski definition) is 3. The van der Waals surface area contributed by atoms with Gasteiger partial charge in [-0.3, -0.25) is 10.1 Å². The molecule has 0 radical (unpaired) electrons. The molecule has 1 saturated carbocycles. The predicted molar refractivity (Wildman–Crippen MR) is 87.2 cm³/mol. The molecule has 1 aromatic heterocycles. The maximum Gasteiger partial charge on any atom is 0.244 e. The number of hydrogen-bond donors (Lipinski definition) is 1. The minimum atomic E-state index is -0.240. The van der Waals surface area contributed by atoms with Crippen molar-refractivity contribution in [3.63, 3.8) is 0 Å². The summed E-state index contributed by atoms with van der Waals surface area (Å²) in [5.74, 6) is 0.860. The molecule has 2 aliphatic rings. The molecule has 0 aromatic carbocycles. The molecule has 1 aromatic rings. The Bertz CT molecular complexity index is 557. The molecule has 116 valence electrons. The number of carbonyl (C=O) groups excluding carboxylic acids is 1. The van der Waals surface area contributed by atoms with Crippen molar-refractivity contribution in [1.29, 1.82) is 0 Å². The smallest absolute Gasteiger partial charge is 0.244 e. The standard InChI is InChI=1S/C17H26N2OS/c1-11(2)16(4,5)10-19-14(13-7-6-12(3)21-13)18-17(8-9-17)15(19)20/h6-7,11,14,18H,8-10H2,1-5H3. The summed E-state index contributed by atoms with van der Waals surface area (Å²) in [7, 11) is 0. The molecule has 1 N–H and O–H groups in total. The van der Waals surface area contributed by atoms with E-state index in [1.54, 1.807) is 11.3 Å². The fourth-order valence-corrected chi connectivity index (χ4v) is 3.83. The molecule has 21 heavy (non-hydrogen) atoms. The molecule has 1 saturated heterocycles. The number of aryl methyl sites for hydroxylation is 1. The monoisotopic (exact) mass is 306 g/mol. The molecule has 4 heteroatoms. The Morgan fingerprint density at radius 2 is 2.10 bits per heavy atom. The summed E-state index contributed by atoms with van der Waals surface area (Å²) in [5, 5.41) is 3.62. The van der Waals surface area contributed by atoms with Crippen molar-refractivity contribution < 1.29 is 4.79 Å². The molecule has 2 fully saturated rings. The van der Waals surface area contributed by atoms with Crippen molar-refractivity contribution in [2.24, 2.45) is 11.3 Å². The Balaban J connectivity index is 1.89. The van der Waals surface area contributed by atoms with Gasteiger partial charge in [0.25, 0.3) is 0 Å². The fraction of sp³-hybridized carbons (Fsp3) is 0.706. The first kappa shape index (κ1) is 15.0. The van der Waals surface area contributed by atoms with E-state index in [4.69, 9.17) is 0 Å². The average molecular weight is 306 g/mol. The molecule has 1 unspecified atom stereocenters. The van der Waals surface area contributed by atoms with Crippen LogP contribution in [0.25, 0.3) is 0 Å². The number of amides is 1. The first-order chi connectivity index (χ1) is 9.75. The normalized spacial score (nSPS) is 24.4. The summed E-state index contributed by atoms with van der Waals surface area (Å²) < 4.78 is 0. The second kappa shape index (κ2) is 4.82. The molecule has 1 spiro atoms. The summed E-state index contributed by atoms with van der Waals surface area (Å²) in [6.45, 7) is 12.0. The minimum absolute atomic E-state index is 0.0664. The maximum absolute atomic E-state index is 12.8. The van der Waals surface area contributed by atoms with E-state index in [9.17, 15) is 4.79 Å². The number of nitrogens with one attached hydrogen (secondary N) is 1. The van der Waals surface area contributed by atoms with Gasteiger partial charge in [0.1, 0.15) is 11.7 Å². The van der Waals surface area contributed by atoms with Crippen LogP contribution >= 0.6 is 11.3 Å². The molecule has 1 amide bonds. The molecule has 1 atom stereocenters. The van der Waals surface area contributed by atoms with Crippen LogP contribution in [0.4, 0.5) is 0 Å². The van der Waals surface area contributed by atoms with Gasteiger partial charge in [-0.1, -0.05) is 27.7 Å². The summed E-state index contributed by atoms with van der Waals surface area (Å²) in [5.41, 5.74) is -0.113. The van der Waals surface area contributed by atoms with Gasteiger partial charge in [0, 0.05) is 16.3 Å². The van der Waals surface area contributed by atoms with E-state index in [-0.39, 0.29) is 17.1 Å². The summed E-state index contributed by atoms with van der Waals surface area (Å²) in [4.78, 5) is 17.5. The Hall–Kier alpha value is -0.870. The molecular formula is C17H26N2OS.